The van der Waals surface area contributed by atoms with E-state index in [0.717, 1.165) is 31.4 Å². The van der Waals surface area contributed by atoms with Gasteiger partial charge in [0, 0.05) is 20.3 Å². The second-order valence-electron chi connectivity index (χ2n) is 5.99. The summed E-state index contributed by atoms with van der Waals surface area (Å²) in [4.78, 5) is 12.3. The molecule has 2 rings (SSSR count). The first-order valence-corrected chi connectivity index (χ1v) is 7.12. The Morgan fingerprint density at radius 1 is 1.38 bits per heavy atom. The van der Waals surface area contributed by atoms with Crippen LogP contribution in [-0.2, 0) is 15.1 Å². The van der Waals surface area contributed by atoms with Crippen LogP contribution < -0.4 is 11.1 Å². The number of benzene rings is 1. The van der Waals surface area contributed by atoms with Crippen molar-refractivity contribution < 1.29 is 9.53 Å². The molecule has 1 aromatic carbocycles. The minimum Gasteiger partial charge on any atom is -0.385 e. The lowest BCUT2D eigenvalue weighted by Crippen LogP contribution is -2.50. The lowest BCUT2D eigenvalue weighted by Gasteiger charge is -2.25. The Morgan fingerprint density at radius 3 is 2.52 bits per heavy atom. The molecule has 4 nitrogen and oxygen atoms in total. The third-order valence-electron chi connectivity index (χ3n) is 4.26. The smallest absolute Gasteiger partial charge is 0.244 e. The molecule has 1 unspecified atom stereocenters. The van der Waals surface area contributed by atoms with E-state index in [1.54, 1.807) is 14.0 Å². The van der Waals surface area contributed by atoms with E-state index in [1.807, 2.05) is 30.3 Å². The molecule has 1 aliphatic rings. The average Bonchev–Trinajstić information content (AvgIpc) is 3.24. The van der Waals surface area contributed by atoms with Crippen molar-refractivity contribution in [3.8, 4) is 0 Å². The molecule has 3 N–H and O–H groups in total. The molecular weight excluding hydrogens is 288 g/mol. The number of hydrogen-bond donors (Lipinski definition) is 2. The van der Waals surface area contributed by atoms with Crippen LogP contribution in [0.4, 0.5) is 0 Å². The Hall–Kier alpha value is -1.10. The van der Waals surface area contributed by atoms with Crippen LogP contribution in [0.3, 0.4) is 0 Å². The number of hydrogen-bond acceptors (Lipinski definition) is 3. The maximum Gasteiger partial charge on any atom is 0.244 e. The number of methoxy groups -OCH3 is 1. The van der Waals surface area contributed by atoms with Crippen LogP contribution in [0.5, 0.6) is 0 Å². The zero-order valence-corrected chi connectivity index (χ0v) is 13.5. The monoisotopic (exact) mass is 312 g/mol. The van der Waals surface area contributed by atoms with Gasteiger partial charge in [0.25, 0.3) is 0 Å². The fourth-order valence-electron chi connectivity index (χ4n) is 2.38. The number of nitrogens with one attached hydrogen (secondary N) is 1. The predicted molar refractivity (Wildman–Crippen MR) is 86.4 cm³/mol. The average molecular weight is 313 g/mol. The molecule has 0 radical (unpaired) electrons. The molecule has 21 heavy (non-hydrogen) atoms. The van der Waals surface area contributed by atoms with E-state index in [9.17, 15) is 4.79 Å². The van der Waals surface area contributed by atoms with Crippen molar-refractivity contribution in [1.29, 1.82) is 0 Å². The Balaban J connectivity index is 0.00000220. The van der Waals surface area contributed by atoms with Gasteiger partial charge >= 0.3 is 0 Å². The third-order valence-corrected chi connectivity index (χ3v) is 4.26. The van der Waals surface area contributed by atoms with Crippen molar-refractivity contribution in [3.05, 3.63) is 35.9 Å². The van der Waals surface area contributed by atoms with Gasteiger partial charge in [0.1, 0.15) is 5.54 Å². The maximum absolute atomic E-state index is 12.3. The summed E-state index contributed by atoms with van der Waals surface area (Å²) in [5.41, 5.74) is 6.27. The predicted octanol–water partition coefficient (Wildman–Crippen LogP) is 2.22. The van der Waals surface area contributed by atoms with Crippen molar-refractivity contribution >= 4 is 18.3 Å². The van der Waals surface area contributed by atoms with Gasteiger partial charge in [0.2, 0.25) is 5.91 Å². The minimum atomic E-state index is -0.988. The molecule has 1 atom stereocenters. The van der Waals surface area contributed by atoms with Gasteiger partial charge in [-0.1, -0.05) is 30.3 Å². The van der Waals surface area contributed by atoms with Crippen LogP contribution >= 0.6 is 12.4 Å². The summed E-state index contributed by atoms with van der Waals surface area (Å²) in [5.74, 6) is -0.118. The highest BCUT2D eigenvalue weighted by molar-refractivity contribution is 5.87. The number of carbonyl (C=O) groups is 1. The minimum absolute atomic E-state index is 0. The van der Waals surface area contributed by atoms with Crippen LogP contribution in [0.1, 0.15) is 31.7 Å². The first-order valence-electron chi connectivity index (χ1n) is 7.12. The van der Waals surface area contributed by atoms with Crippen molar-refractivity contribution in [2.75, 3.05) is 20.3 Å². The van der Waals surface area contributed by atoms with Gasteiger partial charge < -0.3 is 15.8 Å². The van der Waals surface area contributed by atoms with Crippen LogP contribution in [0.25, 0.3) is 0 Å². The van der Waals surface area contributed by atoms with Crippen LogP contribution in [-0.4, -0.2) is 26.2 Å². The van der Waals surface area contributed by atoms with Crippen molar-refractivity contribution in [2.45, 2.75) is 31.7 Å². The van der Waals surface area contributed by atoms with Gasteiger partial charge in [-0.2, -0.15) is 0 Å². The summed E-state index contributed by atoms with van der Waals surface area (Å²) in [6, 6.07) is 9.49. The number of ether oxygens (including phenoxy) is 1. The van der Waals surface area contributed by atoms with E-state index in [1.165, 1.54) is 0 Å². The number of amides is 1. The largest absolute Gasteiger partial charge is 0.385 e. The maximum atomic E-state index is 12.3. The Kier molecular flexibility index (Phi) is 6.20. The quantitative estimate of drug-likeness (QED) is 0.811. The second-order valence-corrected chi connectivity index (χ2v) is 5.99. The number of halogens is 1. The molecule has 118 valence electrons. The van der Waals surface area contributed by atoms with Gasteiger partial charge in [-0.25, -0.2) is 0 Å². The summed E-state index contributed by atoms with van der Waals surface area (Å²) >= 11 is 0. The highest BCUT2D eigenvalue weighted by atomic mass is 35.5. The van der Waals surface area contributed by atoms with E-state index in [0.29, 0.717) is 6.54 Å². The highest BCUT2D eigenvalue weighted by Gasteiger charge is 2.43. The molecule has 1 amide bonds. The molecule has 5 heteroatoms. The third kappa shape index (κ3) is 4.43. The summed E-state index contributed by atoms with van der Waals surface area (Å²) in [6.45, 7) is 3.19. The standard InChI is InChI=1S/C16H24N2O2.ClH/c1-15(17,13-6-4-3-5-7-13)14(19)18-12-16(8-9-16)10-11-20-2;/h3-7H,8-12,17H2,1-2H3,(H,18,19);1H. The van der Waals surface area contributed by atoms with Crippen LogP contribution in [0.2, 0.25) is 0 Å². The zero-order valence-electron chi connectivity index (χ0n) is 12.7. The van der Waals surface area contributed by atoms with Gasteiger partial charge in [-0.15, -0.1) is 12.4 Å². The van der Waals surface area contributed by atoms with Crippen molar-refractivity contribution in [3.63, 3.8) is 0 Å². The number of carbonyl (C=O) groups excluding carboxylic acids is 1. The summed E-state index contributed by atoms with van der Waals surface area (Å²) in [7, 11) is 1.71. The molecular formula is C16H25ClN2O2. The molecule has 1 aromatic rings. The first-order chi connectivity index (χ1) is 9.50. The fraction of sp³-hybridized carbons (Fsp3) is 0.562. The molecule has 0 aromatic heterocycles. The number of nitrogens with two attached hydrogens (primary N) is 1. The molecule has 1 fully saturated rings. The Bertz CT molecular complexity index is 459. The number of rotatable bonds is 7. The lowest BCUT2D eigenvalue weighted by molar-refractivity contribution is -0.126. The molecule has 0 aliphatic heterocycles. The topological polar surface area (TPSA) is 64.3 Å². The SMILES string of the molecule is COCCC1(CNC(=O)C(C)(N)c2ccccc2)CC1.Cl. The van der Waals surface area contributed by atoms with E-state index in [-0.39, 0.29) is 23.7 Å². The van der Waals surface area contributed by atoms with E-state index in [4.69, 9.17) is 10.5 Å². The van der Waals surface area contributed by atoms with Gasteiger partial charge in [-0.3, -0.25) is 4.79 Å². The highest BCUT2D eigenvalue weighted by Crippen LogP contribution is 2.48. The summed E-state index contributed by atoms with van der Waals surface area (Å²) in [5, 5.41) is 3.01. The molecule has 0 bridgehead atoms. The van der Waals surface area contributed by atoms with Gasteiger partial charge in [0.05, 0.1) is 0 Å². The van der Waals surface area contributed by atoms with Gasteiger partial charge in [0.15, 0.2) is 0 Å². The Labute approximate surface area is 132 Å². The lowest BCUT2D eigenvalue weighted by atomic mass is 9.92. The van der Waals surface area contributed by atoms with Crippen LogP contribution in [0.15, 0.2) is 30.3 Å². The normalized spacial score (nSPS) is 18.2. The van der Waals surface area contributed by atoms with E-state index < -0.39 is 5.54 Å². The van der Waals surface area contributed by atoms with Crippen molar-refractivity contribution in [2.24, 2.45) is 11.1 Å². The van der Waals surface area contributed by atoms with Gasteiger partial charge in [-0.05, 0) is 37.2 Å². The van der Waals surface area contributed by atoms with Crippen LogP contribution in [0, 0.1) is 5.41 Å². The van der Waals surface area contributed by atoms with Crippen molar-refractivity contribution in [1.82, 2.24) is 5.32 Å². The molecule has 0 heterocycles. The molecule has 0 spiro atoms. The first kappa shape index (κ1) is 18.0. The van der Waals surface area contributed by atoms with E-state index in [2.05, 4.69) is 5.32 Å². The summed E-state index contributed by atoms with van der Waals surface area (Å²) < 4.78 is 5.12. The summed E-state index contributed by atoms with van der Waals surface area (Å²) in [6.07, 6.45) is 3.31. The second kappa shape index (κ2) is 7.25. The molecule has 0 saturated heterocycles. The molecule has 1 saturated carbocycles. The zero-order chi connectivity index (χ0) is 14.6. The molecule has 1 aliphatic carbocycles. The fourth-order valence-corrected chi connectivity index (χ4v) is 2.38. The van der Waals surface area contributed by atoms with E-state index >= 15 is 0 Å². The Morgan fingerprint density at radius 2 is 2.00 bits per heavy atom.